The molecule has 1 rings (SSSR count). The lowest BCUT2D eigenvalue weighted by Gasteiger charge is -2.20. The van der Waals surface area contributed by atoms with Crippen LogP contribution in [0.25, 0.3) is 0 Å². The van der Waals surface area contributed by atoms with Crippen LogP contribution in [0.5, 0.6) is 5.75 Å². The fraction of sp³-hybridized carbons (Fsp3) is 0.538. The molecular formula is C13H20ClNO. The van der Waals surface area contributed by atoms with Crippen LogP contribution in [0.2, 0.25) is 5.02 Å². The van der Waals surface area contributed by atoms with Gasteiger partial charge in [-0.1, -0.05) is 32.4 Å². The minimum Gasteiger partial charge on any atom is -0.496 e. The number of nitrogens with two attached hydrogens (primary N) is 1. The Morgan fingerprint density at radius 3 is 2.31 bits per heavy atom. The van der Waals surface area contributed by atoms with Crippen LogP contribution in [0.4, 0.5) is 0 Å². The maximum Gasteiger partial charge on any atom is 0.127 e. The first kappa shape index (κ1) is 13.3. The topological polar surface area (TPSA) is 35.2 Å². The third-order valence-corrected chi connectivity index (χ3v) is 2.99. The van der Waals surface area contributed by atoms with E-state index in [0.29, 0.717) is 5.92 Å². The van der Waals surface area contributed by atoms with Gasteiger partial charge in [0, 0.05) is 16.6 Å². The van der Waals surface area contributed by atoms with Crippen molar-refractivity contribution >= 4 is 11.6 Å². The van der Waals surface area contributed by atoms with Crippen LogP contribution in [-0.4, -0.2) is 7.11 Å². The molecule has 0 aliphatic heterocycles. The highest BCUT2D eigenvalue weighted by molar-refractivity contribution is 6.30. The van der Waals surface area contributed by atoms with Gasteiger partial charge >= 0.3 is 0 Å². The maximum absolute atomic E-state index is 6.11. The molecule has 0 saturated heterocycles. The van der Waals surface area contributed by atoms with Crippen LogP contribution < -0.4 is 10.5 Å². The van der Waals surface area contributed by atoms with Crippen molar-refractivity contribution < 1.29 is 4.74 Å². The molecule has 0 bridgehead atoms. The van der Waals surface area contributed by atoms with Gasteiger partial charge in [-0.25, -0.2) is 0 Å². The summed E-state index contributed by atoms with van der Waals surface area (Å²) in [6.07, 6.45) is 0.869. The van der Waals surface area contributed by atoms with Crippen molar-refractivity contribution in [3.63, 3.8) is 0 Å². The second-order valence-electron chi connectivity index (χ2n) is 4.29. The highest BCUT2D eigenvalue weighted by Gasteiger charge is 2.17. The van der Waals surface area contributed by atoms with Gasteiger partial charge in [0.2, 0.25) is 0 Å². The first-order chi connectivity index (χ1) is 7.51. The van der Waals surface area contributed by atoms with E-state index in [9.17, 15) is 0 Å². The predicted molar refractivity (Wildman–Crippen MR) is 69.3 cm³/mol. The summed E-state index contributed by atoms with van der Waals surface area (Å²) in [6.45, 7) is 6.30. The van der Waals surface area contributed by atoms with Crippen molar-refractivity contribution in [2.24, 2.45) is 5.73 Å². The standard InChI is InChI=1S/C13H20ClNO/c1-5-12(15)11-7-9(14)6-10(8(2)3)13(11)16-4/h6-8,12H,5,15H2,1-4H3. The van der Waals surface area contributed by atoms with Crippen LogP contribution >= 0.6 is 11.6 Å². The number of ether oxygens (including phenoxy) is 1. The van der Waals surface area contributed by atoms with Crippen molar-refractivity contribution in [3.05, 3.63) is 28.3 Å². The van der Waals surface area contributed by atoms with E-state index in [-0.39, 0.29) is 6.04 Å². The Labute approximate surface area is 103 Å². The summed E-state index contributed by atoms with van der Waals surface area (Å²) in [7, 11) is 1.68. The summed E-state index contributed by atoms with van der Waals surface area (Å²) in [5.41, 5.74) is 8.19. The Kier molecular flexibility index (Phi) is 4.63. The Balaban J connectivity index is 3.35. The average molecular weight is 242 g/mol. The minimum absolute atomic E-state index is 0.0221. The molecule has 1 unspecified atom stereocenters. The van der Waals surface area contributed by atoms with Crippen LogP contribution in [0.3, 0.4) is 0 Å². The zero-order valence-corrected chi connectivity index (χ0v) is 11.1. The summed E-state index contributed by atoms with van der Waals surface area (Å²) >= 11 is 6.11. The first-order valence-electron chi connectivity index (χ1n) is 5.64. The number of halogens is 1. The lowest BCUT2D eigenvalue weighted by atomic mass is 9.95. The van der Waals surface area contributed by atoms with E-state index in [1.54, 1.807) is 7.11 Å². The van der Waals surface area contributed by atoms with Crippen LogP contribution in [0, 0.1) is 0 Å². The largest absolute Gasteiger partial charge is 0.496 e. The van der Waals surface area contributed by atoms with E-state index < -0.39 is 0 Å². The normalized spacial score (nSPS) is 12.9. The number of hydrogen-bond donors (Lipinski definition) is 1. The molecule has 2 N–H and O–H groups in total. The summed E-state index contributed by atoms with van der Waals surface area (Å²) in [6, 6.07) is 3.84. The van der Waals surface area contributed by atoms with E-state index in [2.05, 4.69) is 20.8 Å². The lowest BCUT2D eigenvalue weighted by Crippen LogP contribution is -2.11. The molecule has 0 aliphatic rings. The monoisotopic (exact) mass is 241 g/mol. The predicted octanol–water partition coefficient (Wildman–Crippen LogP) is 3.88. The van der Waals surface area contributed by atoms with E-state index in [4.69, 9.17) is 22.1 Å². The highest BCUT2D eigenvalue weighted by Crippen LogP contribution is 2.36. The second kappa shape index (κ2) is 5.55. The molecule has 16 heavy (non-hydrogen) atoms. The molecule has 0 aromatic heterocycles. The molecule has 1 aromatic rings. The fourth-order valence-electron chi connectivity index (χ4n) is 1.80. The van der Waals surface area contributed by atoms with Crippen molar-refractivity contribution in [1.82, 2.24) is 0 Å². The summed E-state index contributed by atoms with van der Waals surface area (Å²) in [4.78, 5) is 0. The molecule has 3 heteroatoms. The molecule has 2 nitrogen and oxygen atoms in total. The Hall–Kier alpha value is -0.730. The summed E-state index contributed by atoms with van der Waals surface area (Å²) < 4.78 is 5.48. The van der Waals surface area contributed by atoms with Gasteiger partial charge in [0.15, 0.2) is 0 Å². The molecule has 90 valence electrons. The van der Waals surface area contributed by atoms with E-state index in [1.807, 2.05) is 12.1 Å². The Morgan fingerprint density at radius 1 is 1.31 bits per heavy atom. The van der Waals surface area contributed by atoms with E-state index >= 15 is 0 Å². The Morgan fingerprint density at radius 2 is 1.88 bits per heavy atom. The van der Waals surface area contributed by atoms with Crippen LogP contribution in [-0.2, 0) is 0 Å². The smallest absolute Gasteiger partial charge is 0.127 e. The molecule has 1 aromatic carbocycles. The van der Waals surface area contributed by atoms with Gasteiger partial charge in [-0.15, -0.1) is 0 Å². The van der Waals surface area contributed by atoms with Crippen molar-refractivity contribution in [2.75, 3.05) is 7.11 Å². The number of benzene rings is 1. The van der Waals surface area contributed by atoms with Crippen molar-refractivity contribution in [1.29, 1.82) is 0 Å². The molecule has 0 aliphatic carbocycles. The first-order valence-corrected chi connectivity index (χ1v) is 6.01. The zero-order valence-electron chi connectivity index (χ0n) is 10.4. The molecule has 0 spiro atoms. The third kappa shape index (κ3) is 2.69. The minimum atomic E-state index is -0.0221. The molecule has 0 saturated carbocycles. The third-order valence-electron chi connectivity index (χ3n) is 2.78. The number of hydrogen-bond acceptors (Lipinski definition) is 2. The van der Waals surface area contributed by atoms with Gasteiger partial charge in [0.05, 0.1) is 7.11 Å². The molecule has 0 heterocycles. The molecule has 0 amide bonds. The second-order valence-corrected chi connectivity index (χ2v) is 4.72. The van der Waals surface area contributed by atoms with Gasteiger partial charge in [-0.05, 0) is 30.0 Å². The quantitative estimate of drug-likeness (QED) is 0.868. The van der Waals surface area contributed by atoms with Gasteiger partial charge in [-0.3, -0.25) is 0 Å². The van der Waals surface area contributed by atoms with Crippen LogP contribution in [0.1, 0.15) is 50.3 Å². The Bertz CT molecular complexity index is 363. The van der Waals surface area contributed by atoms with Crippen molar-refractivity contribution in [2.45, 2.75) is 39.2 Å². The number of rotatable bonds is 4. The molecule has 0 radical (unpaired) electrons. The zero-order chi connectivity index (χ0) is 12.3. The van der Waals surface area contributed by atoms with Gasteiger partial charge < -0.3 is 10.5 Å². The SMILES string of the molecule is CCC(N)c1cc(Cl)cc(C(C)C)c1OC. The summed E-state index contributed by atoms with van der Waals surface area (Å²) in [5.74, 6) is 1.25. The van der Waals surface area contributed by atoms with Gasteiger partial charge in [0.1, 0.15) is 5.75 Å². The van der Waals surface area contributed by atoms with Crippen LogP contribution in [0.15, 0.2) is 12.1 Å². The highest BCUT2D eigenvalue weighted by atomic mass is 35.5. The maximum atomic E-state index is 6.11. The molecule has 1 atom stereocenters. The van der Waals surface area contributed by atoms with Gasteiger partial charge in [-0.2, -0.15) is 0 Å². The van der Waals surface area contributed by atoms with Gasteiger partial charge in [0.25, 0.3) is 0 Å². The van der Waals surface area contributed by atoms with E-state index in [0.717, 1.165) is 28.3 Å². The van der Waals surface area contributed by atoms with E-state index in [1.165, 1.54) is 0 Å². The summed E-state index contributed by atoms with van der Waals surface area (Å²) in [5, 5.41) is 0.725. The average Bonchev–Trinajstić information content (AvgIpc) is 2.26. The molecule has 0 fully saturated rings. The van der Waals surface area contributed by atoms with Crippen molar-refractivity contribution in [3.8, 4) is 5.75 Å². The lowest BCUT2D eigenvalue weighted by molar-refractivity contribution is 0.398. The number of methoxy groups -OCH3 is 1. The fourth-order valence-corrected chi connectivity index (χ4v) is 2.03. The molecular weight excluding hydrogens is 222 g/mol.